The minimum Gasteiger partial charge on any atom is -0.367 e. The number of anilines is 1. The van der Waals surface area contributed by atoms with Gasteiger partial charge in [0.05, 0.1) is 23.0 Å². The number of sulfonamides is 1. The monoisotopic (exact) mass is 344 g/mol. The number of hydrogen-bond acceptors (Lipinski definition) is 5. The van der Waals surface area contributed by atoms with E-state index in [4.69, 9.17) is 0 Å². The van der Waals surface area contributed by atoms with E-state index in [1.54, 1.807) is 6.20 Å². The van der Waals surface area contributed by atoms with Crippen molar-refractivity contribution in [1.82, 2.24) is 9.29 Å². The van der Waals surface area contributed by atoms with Crippen LogP contribution in [0.1, 0.15) is 16.7 Å². The van der Waals surface area contributed by atoms with Gasteiger partial charge in [0.25, 0.3) is 0 Å². The molecule has 2 heterocycles. The third kappa shape index (κ3) is 2.95. The van der Waals surface area contributed by atoms with Crippen LogP contribution in [0.25, 0.3) is 10.9 Å². The average molecular weight is 344 g/mol. The summed E-state index contributed by atoms with van der Waals surface area (Å²) in [6.07, 6.45) is 2.85. The molecule has 0 bridgehead atoms. The molecule has 7 heteroatoms. The summed E-state index contributed by atoms with van der Waals surface area (Å²) in [5, 5.41) is 10.5. The van der Waals surface area contributed by atoms with Gasteiger partial charge in [0.15, 0.2) is 0 Å². The van der Waals surface area contributed by atoms with Crippen molar-refractivity contribution in [3.8, 4) is 6.07 Å². The van der Waals surface area contributed by atoms with Gasteiger partial charge >= 0.3 is 0 Å². The molecule has 0 saturated carbocycles. The van der Waals surface area contributed by atoms with Crippen LogP contribution in [0.5, 0.6) is 0 Å². The van der Waals surface area contributed by atoms with Crippen LogP contribution in [-0.2, 0) is 10.0 Å². The highest BCUT2D eigenvalue weighted by atomic mass is 32.2. The number of rotatable bonds is 2. The first-order valence-electron chi connectivity index (χ1n) is 7.81. The highest BCUT2D eigenvalue weighted by Crippen LogP contribution is 2.32. The Hall–Kier alpha value is -2.17. The Labute approximate surface area is 142 Å². The summed E-state index contributed by atoms with van der Waals surface area (Å²) < 4.78 is 24.9. The minimum atomic E-state index is -3.17. The second-order valence-electron chi connectivity index (χ2n) is 6.26. The average Bonchev–Trinajstić information content (AvgIpc) is 2.53. The van der Waals surface area contributed by atoms with Crippen molar-refractivity contribution >= 4 is 26.6 Å². The van der Waals surface area contributed by atoms with Crippen LogP contribution >= 0.6 is 0 Å². The molecule has 126 valence electrons. The van der Waals surface area contributed by atoms with E-state index >= 15 is 0 Å². The number of fused-ring (bicyclic) bond motifs is 1. The molecular weight excluding hydrogens is 324 g/mol. The predicted octanol–water partition coefficient (Wildman–Crippen LogP) is 1.80. The van der Waals surface area contributed by atoms with Crippen molar-refractivity contribution in [1.29, 1.82) is 5.26 Å². The van der Waals surface area contributed by atoms with E-state index in [1.165, 1.54) is 10.6 Å². The molecule has 1 aromatic heterocycles. The standard InChI is InChI=1S/C17H20N4O2S/c1-12-8-13(2)16-15(9-12)17(14(10-18)11-19-16)20-4-6-21(7-5-20)24(3,22)23/h8-9,11H,4-7H2,1-3H3. The summed E-state index contributed by atoms with van der Waals surface area (Å²) in [6, 6.07) is 6.36. The predicted molar refractivity (Wildman–Crippen MR) is 94.6 cm³/mol. The molecule has 0 unspecified atom stereocenters. The molecule has 1 saturated heterocycles. The van der Waals surface area contributed by atoms with Crippen molar-refractivity contribution in [3.05, 3.63) is 35.0 Å². The number of pyridine rings is 1. The first-order chi connectivity index (χ1) is 11.3. The molecule has 0 amide bonds. The van der Waals surface area contributed by atoms with Gasteiger partial charge in [0.1, 0.15) is 6.07 Å². The molecule has 6 nitrogen and oxygen atoms in total. The summed E-state index contributed by atoms with van der Waals surface area (Å²) in [7, 11) is -3.17. The lowest BCUT2D eigenvalue weighted by Gasteiger charge is -2.35. The Morgan fingerprint density at radius 2 is 1.83 bits per heavy atom. The maximum Gasteiger partial charge on any atom is 0.211 e. The van der Waals surface area contributed by atoms with E-state index in [2.05, 4.69) is 28.1 Å². The minimum absolute atomic E-state index is 0.429. The molecule has 1 fully saturated rings. The van der Waals surface area contributed by atoms with Gasteiger partial charge < -0.3 is 4.90 Å². The van der Waals surface area contributed by atoms with E-state index < -0.39 is 10.0 Å². The van der Waals surface area contributed by atoms with Crippen LogP contribution in [0.15, 0.2) is 18.3 Å². The fourth-order valence-electron chi connectivity index (χ4n) is 3.31. The number of aromatic nitrogens is 1. The van der Waals surface area contributed by atoms with Gasteiger partial charge in [-0.2, -0.15) is 9.57 Å². The van der Waals surface area contributed by atoms with Crippen LogP contribution in [0.2, 0.25) is 0 Å². The lowest BCUT2D eigenvalue weighted by Crippen LogP contribution is -2.48. The zero-order valence-electron chi connectivity index (χ0n) is 14.1. The topological polar surface area (TPSA) is 77.3 Å². The van der Waals surface area contributed by atoms with Crippen LogP contribution in [0.3, 0.4) is 0 Å². The lowest BCUT2D eigenvalue weighted by molar-refractivity contribution is 0.388. The highest BCUT2D eigenvalue weighted by Gasteiger charge is 2.26. The molecule has 1 aliphatic heterocycles. The van der Waals surface area contributed by atoms with Crippen LogP contribution < -0.4 is 4.90 Å². The van der Waals surface area contributed by atoms with E-state index in [9.17, 15) is 13.7 Å². The van der Waals surface area contributed by atoms with Gasteiger partial charge in [-0.25, -0.2) is 8.42 Å². The van der Waals surface area contributed by atoms with Crippen molar-refractivity contribution in [2.45, 2.75) is 13.8 Å². The first-order valence-corrected chi connectivity index (χ1v) is 9.66. The van der Waals surface area contributed by atoms with Crippen LogP contribution in [0.4, 0.5) is 5.69 Å². The van der Waals surface area contributed by atoms with Gasteiger partial charge in [-0.05, 0) is 25.5 Å². The van der Waals surface area contributed by atoms with Gasteiger partial charge in [-0.15, -0.1) is 0 Å². The molecule has 3 rings (SSSR count). The molecule has 0 atom stereocenters. The van der Waals surface area contributed by atoms with Gasteiger partial charge in [-0.1, -0.05) is 11.6 Å². The molecule has 2 aromatic rings. The number of nitriles is 1. The molecule has 1 aromatic carbocycles. The van der Waals surface area contributed by atoms with Crippen LogP contribution in [-0.4, -0.2) is 50.1 Å². The van der Waals surface area contributed by atoms with E-state index in [-0.39, 0.29) is 0 Å². The van der Waals surface area contributed by atoms with Crippen molar-refractivity contribution < 1.29 is 8.42 Å². The summed E-state index contributed by atoms with van der Waals surface area (Å²) >= 11 is 0. The maximum atomic E-state index is 11.7. The quantitative estimate of drug-likeness (QED) is 0.830. The number of aryl methyl sites for hydroxylation is 2. The summed E-state index contributed by atoms with van der Waals surface area (Å²) in [5.74, 6) is 0. The number of piperazine rings is 1. The fourth-order valence-corrected chi connectivity index (χ4v) is 4.14. The smallest absolute Gasteiger partial charge is 0.211 e. The third-order valence-electron chi connectivity index (χ3n) is 4.42. The molecule has 0 spiro atoms. The Morgan fingerprint density at radius 1 is 1.17 bits per heavy atom. The number of benzene rings is 1. The molecule has 0 N–H and O–H groups in total. The second-order valence-corrected chi connectivity index (χ2v) is 8.24. The van der Waals surface area contributed by atoms with E-state index in [0.717, 1.165) is 27.7 Å². The largest absolute Gasteiger partial charge is 0.367 e. The Bertz CT molecular complexity index is 939. The molecule has 0 radical (unpaired) electrons. The zero-order chi connectivity index (χ0) is 17.5. The SMILES string of the molecule is Cc1cc(C)c2ncc(C#N)c(N3CCN(S(C)(=O)=O)CC3)c2c1. The first kappa shape index (κ1) is 16.7. The van der Waals surface area contributed by atoms with Gasteiger partial charge in [0.2, 0.25) is 10.0 Å². The van der Waals surface area contributed by atoms with E-state index in [0.29, 0.717) is 31.7 Å². The molecule has 24 heavy (non-hydrogen) atoms. The van der Waals surface area contributed by atoms with Gasteiger partial charge in [-0.3, -0.25) is 4.98 Å². The molecule has 1 aliphatic rings. The van der Waals surface area contributed by atoms with Crippen molar-refractivity contribution in [3.63, 3.8) is 0 Å². The molecule has 0 aliphatic carbocycles. The summed E-state index contributed by atoms with van der Waals surface area (Å²) in [6.45, 7) is 6.02. The van der Waals surface area contributed by atoms with Crippen molar-refractivity contribution in [2.75, 3.05) is 37.3 Å². The summed E-state index contributed by atoms with van der Waals surface area (Å²) in [5.41, 5.74) is 4.47. The number of hydrogen-bond donors (Lipinski definition) is 0. The normalized spacial score (nSPS) is 16.3. The Morgan fingerprint density at radius 3 is 2.42 bits per heavy atom. The van der Waals surface area contributed by atoms with Crippen LogP contribution in [0, 0.1) is 25.2 Å². The maximum absolute atomic E-state index is 11.7. The second kappa shape index (κ2) is 6.04. The number of nitrogens with zero attached hydrogens (tertiary/aromatic N) is 4. The third-order valence-corrected chi connectivity index (χ3v) is 5.73. The van der Waals surface area contributed by atoms with Gasteiger partial charge in [0, 0.05) is 37.8 Å². The molecular formula is C17H20N4O2S. The Balaban J connectivity index is 2.08. The fraction of sp³-hybridized carbons (Fsp3) is 0.412. The lowest BCUT2D eigenvalue weighted by atomic mass is 10.0. The summed E-state index contributed by atoms with van der Waals surface area (Å²) in [4.78, 5) is 6.55. The van der Waals surface area contributed by atoms with Crippen molar-refractivity contribution in [2.24, 2.45) is 0 Å². The van der Waals surface area contributed by atoms with E-state index in [1.807, 2.05) is 13.8 Å². The Kier molecular flexibility index (Phi) is 4.20. The highest BCUT2D eigenvalue weighted by molar-refractivity contribution is 7.88. The zero-order valence-corrected chi connectivity index (χ0v) is 14.9.